The number of hydrogen-bond donors (Lipinski definition) is 1. The number of benzene rings is 1. The van der Waals surface area contributed by atoms with Crippen LogP contribution in [0.3, 0.4) is 0 Å². The van der Waals surface area contributed by atoms with Crippen LogP contribution in [0.1, 0.15) is 23.1 Å². The highest BCUT2D eigenvalue weighted by atomic mass is 79.9. The summed E-state index contributed by atoms with van der Waals surface area (Å²) >= 11 is 3.24. The van der Waals surface area contributed by atoms with Gasteiger partial charge >= 0.3 is 0 Å². The van der Waals surface area contributed by atoms with Crippen molar-refractivity contribution < 1.29 is 4.79 Å². The number of carbonyl (C=O) groups is 1. The van der Waals surface area contributed by atoms with Crippen LogP contribution in [0.25, 0.3) is 16.7 Å². The lowest BCUT2D eigenvalue weighted by molar-refractivity contribution is -0.115. The molecule has 0 unspecified atom stereocenters. The number of amides is 1. The Morgan fingerprint density at radius 1 is 1.36 bits per heavy atom. The van der Waals surface area contributed by atoms with Gasteiger partial charge in [-0.1, -0.05) is 34.1 Å². The molecule has 2 heterocycles. The highest BCUT2D eigenvalue weighted by Crippen LogP contribution is 2.25. The fourth-order valence-electron chi connectivity index (χ4n) is 2.66. The first kappa shape index (κ1) is 17.1. The largest absolute Gasteiger partial charge is 0.309 e. The number of aryl methyl sites for hydroxylation is 2. The smallest absolute Gasteiger partial charge is 0.226 e. The molecule has 126 valence electrons. The minimum Gasteiger partial charge on any atom is -0.309 e. The van der Waals surface area contributed by atoms with Crippen molar-refractivity contribution in [3.63, 3.8) is 0 Å². The Kier molecular flexibility index (Phi) is 4.81. The van der Waals surface area contributed by atoms with Crippen molar-refractivity contribution in [2.45, 2.75) is 20.3 Å². The lowest BCUT2D eigenvalue weighted by atomic mass is 10.1. The number of alkyl halides is 1. The van der Waals surface area contributed by atoms with Crippen LogP contribution in [-0.4, -0.2) is 26.0 Å². The Hall–Kier alpha value is -2.72. The third-order valence-corrected chi connectivity index (χ3v) is 4.32. The van der Waals surface area contributed by atoms with Gasteiger partial charge in [-0.3, -0.25) is 4.79 Å². The average Bonchev–Trinajstić information content (AvgIpc) is 2.98. The Morgan fingerprint density at radius 2 is 2.16 bits per heavy atom. The Balaban J connectivity index is 2.15. The summed E-state index contributed by atoms with van der Waals surface area (Å²) in [5, 5.41) is 17.9. The van der Waals surface area contributed by atoms with Crippen LogP contribution in [0.15, 0.2) is 30.5 Å². The van der Waals surface area contributed by atoms with Crippen molar-refractivity contribution >= 4 is 38.6 Å². The second kappa shape index (κ2) is 7.03. The number of halogens is 1. The molecule has 2 aromatic heterocycles. The fourth-order valence-corrected chi connectivity index (χ4v) is 3.02. The number of rotatable bonds is 4. The number of hydrogen-bond acceptors (Lipinski definition) is 4. The molecule has 0 aliphatic carbocycles. The molecule has 0 saturated heterocycles. The lowest BCUT2D eigenvalue weighted by Gasteiger charge is -2.12. The second-order valence-electron chi connectivity index (χ2n) is 5.69. The minimum atomic E-state index is -0.191. The highest BCUT2D eigenvalue weighted by Gasteiger charge is 2.17. The van der Waals surface area contributed by atoms with Gasteiger partial charge in [-0.05, 0) is 31.0 Å². The first-order chi connectivity index (χ1) is 12.0. The first-order valence-electron chi connectivity index (χ1n) is 7.76. The van der Waals surface area contributed by atoms with Crippen molar-refractivity contribution in [2.24, 2.45) is 0 Å². The standard InChI is InChI=1S/C18H16BrN5O/c1-11-4-3-5-14-12(2)8-15(22-17(11)14)24-18(13(9-20)10-21-24)23-16(25)6-7-19/h3-5,8,10H,6-7H2,1-2H3,(H,23,25). The third kappa shape index (κ3) is 3.26. The van der Waals surface area contributed by atoms with Gasteiger partial charge in [0.1, 0.15) is 11.6 Å². The molecule has 0 fully saturated rings. The molecule has 0 bridgehead atoms. The van der Waals surface area contributed by atoms with E-state index in [0.29, 0.717) is 29.0 Å². The molecule has 1 amide bonds. The average molecular weight is 398 g/mol. The molecule has 1 aromatic carbocycles. The zero-order valence-electron chi connectivity index (χ0n) is 13.9. The number of nitrogens with one attached hydrogen (secondary N) is 1. The van der Waals surface area contributed by atoms with E-state index < -0.39 is 0 Å². The van der Waals surface area contributed by atoms with Crippen LogP contribution in [0, 0.1) is 25.2 Å². The summed E-state index contributed by atoms with van der Waals surface area (Å²) in [6, 6.07) is 9.98. The predicted molar refractivity (Wildman–Crippen MR) is 100 cm³/mol. The van der Waals surface area contributed by atoms with Gasteiger partial charge in [0, 0.05) is 17.1 Å². The van der Waals surface area contributed by atoms with Crippen molar-refractivity contribution in [2.75, 3.05) is 10.6 Å². The molecule has 1 N–H and O–H groups in total. The van der Waals surface area contributed by atoms with Gasteiger partial charge in [0.25, 0.3) is 0 Å². The van der Waals surface area contributed by atoms with Crippen LogP contribution < -0.4 is 5.32 Å². The molecule has 6 nitrogen and oxygen atoms in total. The monoisotopic (exact) mass is 397 g/mol. The van der Waals surface area contributed by atoms with Gasteiger partial charge in [0.05, 0.1) is 11.7 Å². The van der Waals surface area contributed by atoms with Gasteiger partial charge in [-0.25, -0.2) is 4.98 Å². The zero-order chi connectivity index (χ0) is 18.0. The van der Waals surface area contributed by atoms with E-state index in [4.69, 9.17) is 4.98 Å². The van der Waals surface area contributed by atoms with E-state index in [1.807, 2.05) is 38.1 Å². The number of pyridine rings is 1. The molecule has 3 aromatic rings. The maximum atomic E-state index is 12.0. The first-order valence-corrected chi connectivity index (χ1v) is 8.88. The minimum absolute atomic E-state index is 0.191. The Morgan fingerprint density at radius 3 is 2.88 bits per heavy atom. The summed E-state index contributed by atoms with van der Waals surface area (Å²) in [6.45, 7) is 4.01. The van der Waals surface area contributed by atoms with E-state index >= 15 is 0 Å². The second-order valence-corrected chi connectivity index (χ2v) is 6.48. The quantitative estimate of drug-likeness (QED) is 0.681. The van der Waals surface area contributed by atoms with Gasteiger partial charge in [0.2, 0.25) is 5.91 Å². The molecule has 0 radical (unpaired) electrons. The van der Waals surface area contributed by atoms with E-state index in [0.717, 1.165) is 22.0 Å². The third-order valence-electron chi connectivity index (χ3n) is 3.92. The van der Waals surface area contributed by atoms with Crippen LogP contribution in [0.2, 0.25) is 0 Å². The summed E-state index contributed by atoms with van der Waals surface area (Å²) in [4.78, 5) is 16.7. The highest BCUT2D eigenvalue weighted by molar-refractivity contribution is 9.09. The number of nitriles is 1. The summed E-state index contributed by atoms with van der Waals surface area (Å²) in [5.41, 5.74) is 3.28. The summed E-state index contributed by atoms with van der Waals surface area (Å²) in [5.74, 6) is 0.715. The van der Waals surface area contributed by atoms with E-state index in [2.05, 4.69) is 32.4 Å². The van der Waals surface area contributed by atoms with Gasteiger partial charge in [-0.2, -0.15) is 15.0 Å². The maximum absolute atomic E-state index is 12.0. The van der Waals surface area contributed by atoms with Gasteiger partial charge in [0.15, 0.2) is 11.6 Å². The number of anilines is 1. The van der Waals surface area contributed by atoms with Crippen molar-refractivity contribution in [3.05, 3.63) is 47.2 Å². The number of aromatic nitrogens is 3. The number of nitrogens with zero attached hydrogens (tertiary/aromatic N) is 4. The molecule has 0 spiro atoms. The Bertz CT molecular complexity index is 1000. The van der Waals surface area contributed by atoms with Crippen LogP contribution in [0.5, 0.6) is 0 Å². The normalized spacial score (nSPS) is 10.6. The lowest BCUT2D eigenvalue weighted by Crippen LogP contribution is -2.16. The van der Waals surface area contributed by atoms with Crippen LogP contribution >= 0.6 is 15.9 Å². The van der Waals surface area contributed by atoms with Gasteiger partial charge < -0.3 is 5.32 Å². The molecule has 3 rings (SSSR count). The van der Waals surface area contributed by atoms with Crippen LogP contribution in [-0.2, 0) is 4.79 Å². The fraction of sp³-hybridized carbons (Fsp3) is 0.222. The number of para-hydroxylation sites is 1. The predicted octanol–water partition coefficient (Wildman–Crippen LogP) is 3.63. The van der Waals surface area contributed by atoms with E-state index in [-0.39, 0.29) is 5.91 Å². The van der Waals surface area contributed by atoms with Crippen LogP contribution in [0.4, 0.5) is 5.82 Å². The topological polar surface area (TPSA) is 83.6 Å². The molecule has 0 aliphatic rings. The molecular formula is C18H16BrN5O. The SMILES string of the molecule is Cc1cc(-n2ncc(C#N)c2NC(=O)CCBr)nc2c(C)cccc12. The summed E-state index contributed by atoms with van der Waals surface area (Å²) in [7, 11) is 0. The molecule has 25 heavy (non-hydrogen) atoms. The molecule has 0 saturated carbocycles. The van der Waals surface area contributed by atoms with Crippen molar-refractivity contribution in [3.8, 4) is 11.9 Å². The van der Waals surface area contributed by atoms with E-state index in [1.54, 1.807) is 0 Å². The van der Waals surface area contributed by atoms with E-state index in [9.17, 15) is 10.1 Å². The van der Waals surface area contributed by atoms with Crippen molar-refractivity contribution in [1.82, 2.24) is 14.8 Å². The molecule has 7 heteroatoms. The van der Waals surface area contributed by atoms with Crippen molar-refractivity contribution in [1.29, 1.82) is 5.26 Å². The maximum Gasteiger partial charge on any atom is 0.226 e. The zero-order valence-corrected chi connectivity index (χ0v) is 15.5. The molecule has 0 atom stereocenters. The summed E-state index contributed by atoms with van der Waals surface area (Å²) < 4.78 is 1.50. The van der Waals surface area contributed by atoms with Gasteiger partial charge in [-0.15, -0.1) is 0 Å². The summed E-state index contributed by atoms with van der Waals surface area (Å²) in [6.07, 6.45) is 1.74. The number of carbonyl (C=O) groups excluding carboxylic acids is 1. The Labute approximate surface area is 153 Å². The van der Waals surface area contributed by atoms with E-state index in [1.165, 1.54) is 10.9 Å². The molecular weight excluding hydrogens is 382 g/mol. The number of fused-ring (bicyclic) bond motifs is 1. The molecule has 0 aliphatic heterocycles.